The van der Waals surface area contributed by atoms with Crippen molar-refractivity contribution < 1.29 is 5.11 Å². The molecule has 0 spiro atoms. The van der Waals surface area contributed by atoms with Crippen molar-refractivity contribution in [1.29, 1.82) is 0 Å². The van der Waals surface area contributed by atoms with Crippen LogP contribution in [0.25, 0.3) is 10.9 Å². The Kier molecular flexibility index (Phi) is 3.81. The number of aliphatic hydroxyl groups is 1. The molecule has 0 saturated carbocycles. The van der Waals surface area contributed by atoms with Gasteiger partial charge in [0.1, 0.15) is 11.4 Å². The van der Waals surface area contributed by atoms with Crippen LogP contribution in [0.5, 0.6) is 0 Å². The maximum atomic E-state index is 9.00. The lowest BCUT2D eigenvalue weighted by Crippen LogP contribution is -2.03. The van der Waals surface area contributed by atoms with Gasteiger partial charge in [0.25, 0.3) is 0 Å². The van der Waals surface area contributed by atoms with E-state index < -0.39 is 0 Å². The molecule has 0 saturated heterocycles. The number of thioether (sulfide) groups is 1. The van der Waals surface area contributed by atoms with Crippen molar-refractivity contribution in [2.75, 3.05) is 18.1 Å². The Labute approximate surface area is 104 Å². The van der Waals surface area contributed by atoms with Crippen molar-refractivity contribution in [3.8, 4) is 0 Å². The number of nitrogens with two attached hydrogens (primary N) is 1. The first-order valence-electron chi connectivity index (χ1n) is 5.44. The third-order valence-corrected chi connectivity index (χ3v) is 3.77. The summed E-state index contributed by atoms with van der Waals surface area (Å²) in [6, 6.07) is 5.62. The van der Waals surface area contributed by atoms with Crippen molar-refractivity contribution in [2.45, 2.75) is 11.9 Å². The molecule has 0 radical (unpaired) electrons. The number of nitrogen functional groups attached to an aromatic ring is 1. The van der Waals surface area contributed by atoms with Crippen LogP contribution in [0.1, 0.15) is 6.92 Å². The summed E-state index contributed by atoms with van der Waals surface area (Å²) in [7, 11) is 0. The number of fused-ring (bicyclic) bond motifs is 1. The van der Waals surface area contributed by atoms with E-state index in [1.165, 1.54) is 0 Å². The third kappa shape index (κ3) is 2.87. The summed E-state index contributed by atoms with van der Waals surface area (Å²) in [4.78, 5) is 8.47. The van der Waals surface area contributed by atoms with E-state index in [9.17, 15) is 0 Å². The van der Waals surface area contributed by atoms with Gasteiger partial charge in [0.2, 0.25) is 0 Å². The highest BCUT2D eigenvalue weighted by molar-refractivity contribution is 7.99. The number of benzene rings is 1. The van der Waals surface area contributed by atoms with Crippen molar-refractivity contribution in [1.82, 2.24) is 9.97 Å². The van der Waals surface area contributed by atoms with Gasteiger partial charge >= 0.3 is 0 Å². The lowest BCUT2D eigenvalue weighted by atomic mass is 10.2. The Balaban J connectivity index is 2.30. The average molecular weight is 249 g/mol. The number of aliphatic hydroxyl groups excluding tert-OH is 1. The maximum absolute atomic E-state index is 9.00. The van der Waals surface area contributed by atoms with Crippen LogP contribution in [0.4, 0.5) is 5.69 Å². The lowest BCUT2D eigenvalue weighted by molar-refractivity contribution is 0.250. The zero-order valence-electron chi connectivity index (χ0n) is 9.63. The predicted octanol–water partition coefficient (Wildman–Crippen LogP) is 1.93. The fourth-order valence-electron chi connectivity index (χ4n) is 1.44. The quantitative estimate of drug-likeness (QED) is 0.492. The van der Waals surface area contributed by atoms with Crippen LogP contribution in [-0.2, 0) is 0 Å². The number of nitrogens with zero attached hydrogens (tertiary/aromatic N) is 2. The summed E-state index contributed by atoms with van der Waals surface area (Å²) in [5, 5.41) is 10.9. The van der Waals surface area contributed by atoms with Gasteiger partial charge in [-0.3, -0.25) is 0 Å². The van der Waals surface area contributed by atoms with Crippen LogP contribution in [-0.4, -0.2) is 27.4 Å². The average Bonchev–Trinajstić information content (AvgIpc) is 2.35. The molecular weight excluding hydrogens is 234 g/mol. The van der Waals surface area contributed by atoms with E-state index >= 15 is 0 Å². The van der Waals surface area contributed by atoms with E-state index in [1.807, 2.05) is 25.1 Å². The molecule has 1 heterocycles. The molecule has 0 amide bonds. The second kappa shape index (κ2) is 5.33. The Bertz CT molecular complexity index is 518. The molecule has 1 atom stereocenters. The third-order valence-electron chi connectivity index (χ3n) is 2.44. The maximum Gasteiger partial charge on any atom is 0.117 e. The zero-order chi connectivity index (χ0) is 12.3. The standard InChI is InChI=1S/C12H15N3OS/c1-8(5-16)6-17-12-10-4-9(13)2-3-11(10)14-7-15-12/h2-4,7-8,16H,5-6,13H2,1H3. The van der Waals surface area contributed by atoms with Gasteiger partial charge in [-0.1, -0.05) is 6.92 Å². The Morgan fingerprint density at radius 2 is 2.24 bits per heavy atom. The fourth-order valence-corrected chi connectivity index (χ4v) is 2.43. The Hall–Kier alpha value is -1.33. The van der Waals surface area contributed by atoms with E-state index in [0.29, 0.717) is 5.69 Å². The van der Waals surface area contributed by atoms with Crippen LogP contribution in [0, 0.1) is 5.92 Å². The highest BCUT2D eigenvalue weighted by Gasteiger charge is 2.07. The van der Waals surface area contributed by atoms with E-state index in [1.54, 1.807) is 18.1 Å². The molecule has 5 heteroatoms. The minimum atomic E-state index is 0.193. The van der Waals surface area contributed by atoms with Crippen molar-refractivity contribution >= 4 is 28.4 Å². The summed E-state index contributed by atoms with van der Waals surface area (Å²) in [5.41, 5.74) is 7.38. The summed E-state index contributed by atoms with van der Waals surface area (Å²) in [6.45, 7) is 2.20. The predicted molar refractivity (Wildman–Crippen MR) is 70.9 cm³/mol. The molecule has 0 aliphatic carbocycles. The molecule has 90 valence electrons. The molecule has 3 N–H and O–H groups in total. The second-order valence-electron chi connectivity index (χ2n) is 4.05. The summed E-state index contributed by atoms with van der Waals surface area (Å²) in [5.74, 6) is 1.09. The molecule has 2 aromatic rings. The summed E-state index contributed by atoms with van der Waals surface area (Å²) < 4.78 is 0. The first-order valence-corrected chi connectivity index (χ1v) is 6.43. The van der Waals surface area contributed by atoms with Crippen LogP contribution in [0.2, 0.25) is 0 Å². The minimum absolute atomic E-state index is 0.193. The molecular formula is C12H15N3OS. The molecule has 0 aliphatic rings. The van der Waals surface area contributed by atoms with Gasteiger partial charge in [-0.15, -0.1) is 11.8 Å². The number of hydrogen-bond acceptors (Lipinski definition) is 5. The van der Waals surface area contributed by atoms with E-state index in [-0.39, 0.29) is 12.5 Å². The summed E-state index contributed by atoms with van der Waals surface area (Å²) in [6.07, 6.45) is 1.56. The van der Waals surface area contributed by atoms with Gasteiger partial charge in [-0.25, -0.2) is 9.97 Å². The van der Waals surface area contributed by atoms with Crippen molar-refractivity contribution in [3.05, 3.63) is 24.5 Å². The Morgan fingerprint density at radius 1 is 1.41 bits per heavy atom. The molecule has 1 unspecified atom stereocenters. The van der Waals surface area contributed by atoms with Crippen LogP contribution in [0.15, 0.2) is 29.6 Å². The Morgan fingerprint density at radius 3 is 3.00 bits per heavy atom. The minimum Gasteiger partial charge on any atom is -0.399 e. The van der Waals surface area contributed by atoms with Gasteiger partial charge in [0.05, 0.1) is 5.52 Å². The van der Waals surface area contributed by atoms with Crippen LogP contribution < -0.4 is 5.73 Å². The molecule has 1 aromatic carbocycles. The molecule has 4 nitrogen and oxygen atoms in total. The molecule has 17 heavy (non-hydrogen) atoms. The molecule has 2 rings (SSSR count). The number of anilines is 1. The molecule has 0 aliphatic heterocycles. The summed E-state index contributed by atoms with van der Waals surface area (Å²) >= 11 is 1.62. The van der Waals surface area contributed by atoms with Gasteiger partial charge in [-0.2, -0.15) is 0 Å². The largest absolute Gasteiger partial charge is 0.399 e. The van der Waals surface area contributed by atoms with E-state index in [2.05, 4.69) is 9.97 Å². The molecule has 1 aromatic heterocycles. The number of rotatable bonds is 4. The molecule has 0 bridgehead atoms. The normalized spacial score (nSPS) is 12.8. The van der Waals surface area contributed by atoms with Crippen LogP contribution >= 0.6 is 11.8 Å². The van der Waals surface area contributed by atoms with Crippen molar-refractivity contribution in [2.24, 2.45) is 5.92 Å². The van der Waals surface area contributed by atoms with Crippen LogP contribution in [0.3, 0.4) is 0 Å². The van der Waals surface area contributed by atoms with Gasteiger partial charge in [-0.05, 0) is 24.1 Å². The first-order chi connectivity index (χ1) is 8.20. The van der Waals surface area contributed by atoms with E-state index in [4.69, 9.17) is 10.8 Å². The SMILES string of the molecule is CC(CO)CSc1ncnc2ccc(N)cc12. The van der Waals surface area contributed by atoms with Crippen molar-refractivity contribution in [3.63, 3.8) is 0 Å². The smallest absolute Gasteiger partial charge is 0.117 e. The zero-order valence-corrected chi connectivity index (χ0v) is 10.4. The highest BCUT2D eigenvalue weighted by Crippen LogP contribution is 2.27. The van der Waals surface area contributed by atoms with Gasteiger partial charge < -0.3 is 10.8 Å². The van der Waals surface area contributed by atoms with Gasteiger partial charge in [0.15, 0.2) is 0 Å². The topological polar surface area (TPSA) is 72.0 Å². The fraction of sp³-hybridized carbons (Fsp3) is 0.333. The highest BCUT2D eigenvalue weighted by atomic mass is 32.2. The van der Waals surface area contributed by atoms with E-state index in [0.717, 1.165) is 21.7 Å². The number of aromatic nitrogens is 2. The molecule has 0 fully saturated rings. The lowest BCUT2D eigenvalue weighted by Gasteiger charge is -2.08. The monoisotopic (exact) mass is 249 g/mol. The number of hydrogen-bond donors (Lipinski definition) is 2. The first kappa shape index (κ1) is 12.1. The van der Waals surface area contributed by atoms with Gasteiger partial charge in [0, 0.05) is 23.4 Å². The second-order valence-corrected chi connectivity index (χ2v) is 5.06.